The van der Waals surface area contributed by atoms with Gasteiger partial charge in [0.05, 0.1) is 6.54 Å². The Kier molecular flexibility index (Phi) is 6.97. The highest BCUT2D eigenvalue weighted by Gasteiger charge is 2.09. The predicted octanol–water partition coefficient (Wildman–Crippen LogP) is 4.05. The molecule has 0 aliphatic rings. The zero-order chi connectivity index (χ0) is 19.8. The molecule has 3 aromatic rings. The van der Waals surface area contributed by atoms with Crippen molar-refractivity contribution in [3.63, 3.8) is 0 Å². The number of ether oxygens (including phenoxy) is 1. The van der Waals surface area contributed by atoms with Gasteiger partial charge in [-0.15, -0.1) is 0 Å². The summed E-state index contributed by atoms with van der Waals surface area (Å²) in [6, 6.07) is 12.9. The van der Waals surface area contributed by atoms with E-state index in [0.29, 0.717) is 60.5 Å². The van der Waals surface area contributed by atoms with Gasteiger partial charge >= 0.3 is 0 Å². The van der Waals surface area contributed by atoms with E-state index in [4.69, 9.17) is 20.9 Å². The van der Waals surface area contributed by atoms with E-state index in [-0.39, 0.29) is 11.7 Å². The Labute approximate surface area is 166 Å². The van der Waals surface area contributed by atoms with Gasteiger partial charge < -0.3 is 14.6 Å². The first kappa shape index (κ1) is 19.8. The molecule has 0 unspecified atom stereocenters. The van der Waals surface area contributed by atoms with Crippen molar-refractivity contribution in [1.29, 1.82) is 0 Å². The van der Waals surface area contributed by atoms with Crippen molar-refractivity contribution in [2.24, 2.45) is 0 Å². The van der Waals surface area contributed by atoms with Gasteiger partial charge in [0.15, 0.2) is 0 Å². The van der Waals surface area contributed by atoms with Gasteiger partial charge in [-0.3, -0.25) is 4.79 Å². The molecule has 6 nitrogen and oxygen atoms in total. The summed E-state index contributed by atoms with van der Waals surface area (Å²) in [6.07, 6.45) is 1.40. The molecule has 0 saturated heterocycles. The summed E-state index contributed by atoms with van der Waals surface area (Å²) in [6.45, 7) is 0.761. The van der Waals surface area contributed by atoms with Crippen molar-refractivity contribution in [3.05, 3.63) is 65.3 Å². The van der Waals surface area contributed by atoms with E-state index in [2.05, 4.69) is 15.5 Å². The van der Waals surface area contributed by atoms with E-state index in [1.54, 1.807) is 36.4 Å². The molecular weight excluding hydrogens is 385 g/mol. The molecule has 0 aliphatic carbocycles. The summed E-state index contributed by atoms with van der Waals surface area (Å²) in [5.74, 6) is 1.11. The van der Waals surface area contributed by atoms with Gasteiger partial charge in [0.25, 0.3) is 0 Å². The van der Waals surface area contributed by atoms with Crippen molar-refractivity contribution in [2.75, 3.05) is 13.2 Å². The van der Waals surface area contributed by atoms with Crippen LogP contribution in [0.25, 0.3) is 11.4 Å². The monoisotopic (exact) mass is 403 g/mol. The summed E-state index contributed by atoms with van der Waals surface area (Å²) >= 11 is 5.88. The molecule has 0 saturated carbocycles. The third kappa shape index (κ3) is 6.06. The summed E-state index contributed by atoms with van der Waals surface area (Å²) in [5, 5.41) is 7.27. The van der Waals surface area contributed by atoms with Crippen LogP contribution in [-0.4, -0.2) is 29.2 Å². The minimum Gasteiger partial charge on any atom is -0.492 e. The van der Waals surface area contributed by atoms with Gasteiger partial charge in [-0.05, 0) is 48.9 Å². The van der Waals surface area contributed by atoms with E-state index in [1.165, 1.54) is 12.1 Å². The number of nitrogens with one attached hydrogen (secondary N) is 1. The molecule has 1 heterocycles. The van der Waals surface area contributed by atoms with Crippen molar-refractivity contribution >= 4 is 17.5 Å². The van der Waals surface area contributed by atoms with Crippen molar-refractivity contribution in [2.45, 2.75) is 19.3 Å². The lowest BCUT2D eigenvalue weighted by Gasteiger charge is -2.07. The second kappa shape index (κ2) is 9.85. The Bertz CT molecular complexity index is 915. The van der Waals surface area contributed by atoms with Crippen LogP contribution in [0.5, 0.6) is 5.75 Å². The van der Waals surface area contributed by atoms with Gasteiger partial charge in [0.2, 0.25) is 17.6 Å². The molecule has 3 rings (SSSR count). The number of carbonyl (C=O) groups is 1. The largest absolute Gasteiger partial charge is 0.492 e. The Balaban J connectivity index is 1.33. The third-order valence-corrected chi connectivity index (χ3v) is 4.09. The smallest absolute Gasteiger partial charge is 0.226 e. The van der Waals surface area contributed by atoms with E-state index >= 15 is 0 Å². The average molecular weight is 404 g/mol. The van der Waals surface area contributed by atoms with Crippen LogP contribution in [0.4, 0.5) is 4.39 Å². The van der Waals surface area contributed by atoms with E-state index in [9.17, 15) is 9.18 Å². The van der Waals surface area contributed by atoms with Crippen LogP contribution in [0.15, 0.2) is 53.1 Å². The van der Waals surface area contributed by atoms with Crippen LogP contribution in [0.1, 0.15) is 18.7 Å². The lowest BCUT2D eigenvalue weighted by atomic mass is 10.2. The minimum absolute atomic E-state index is 0.0760. The van der Waals surface area contributed by atoms with Gasteiger partial charge in [-0.25, -0.2) is 4.39 Å². The molecule has 146 valence electrons. The fraction of sp³-hybridized carbons (Fsp3) is 0.250. The molecule has 28 heavy (non-hydrogen) atoms. The van der Waals surface area contributed by atoms with Crippen LogP contribution in [0.2, 0.25) is 5.02 Å². The molecule has 0 spiro atoms. The average Bonchev–Trinajstić information content (AvgIpc) is 3.15. The fourth-order valence-corrected chi connectivity index (χ4v) is 2.66. The number of hydrogen-bond acceptors (Lipinski definition) is 5. The summed E-state index contributed by atoms with van der Waals surface area (Å²) in [7, 11) is 0. The second-order valence-corrected chi connectivity index (χ2v) is 6.46. The number of halogens is 2. The molecule has 0 radical (unpaired) electrons. The maximum Gasteiger partial charge on any atom is 0.226 e. The topological polar surface area (TPSA) is 77.2 Å². The maximum absolute atomic E-state index is 12.9. The molecule has 1 aromatic heterocycles. The van der Waals surface area contributed by atoms with Crippen molar-refractivity contribution in [1.82, 2.24) is 15.5 Å². The van der Waals surface area contributed by atoms with E-state index in [1.807, 2.05) is 0 Å². The molecular formula is C20H19ClFN3O3. The SMILES string of the molecule is O=C(CCCc1nc(-c2ccc(F)cc2)no1)NCCOc1cccc(Cl)c1. The number of aryl methyl sites for hydroxylation is 1. The first-order valence-corrected chi connectivity index (χ1v) is 9.21. The molecule has 2 aromatic carbocycles. The highest BCUT2D eigenvalue weighted by atomic mass is 35.5. The Morgan fingerprint density at radius 1 is 1.21 bits per heavy atom. The minimum atomic E-state index is -0.323. The van der Waals surface area contributed by atoms with E-state index < -0.39 is 0 Å². The van der Waals surface area contributed by atoms with Crippen molar-refractivity contribution < 1.29 is 18.4 Å². The highest BCUT2D eigenvalue weighted by Crippen LogP contribution is 2.17. The number of hydrogen-bond donors (Lipinski definition) is 1. The number of carbonyl (C=O) groups excluding carboxylic acids is 1. The molecule has 0 aliphatic heterocycles. The molecule has 8 heteroatoms. The lowest BCUT2D eigenvalue weighted by molar-refractivity contribution is -0.121. The number of rotatable bonds is 9. The Hall–Kier alpha value is -2.93. The number of benzene rings is 2. The third-order valence-electron chi connectivity index (χ3n) is 3.85. The first-order chi connectivity index (χ1) is 13.6. The highest BCUT2D eigenvalue weighted by molar-refractivity contribution is 6.30. The molecule has 1 N–H and O–H groups in total. The number of nitrogens with zero attached hydrogens (tertiary/aromatic N) is 2. The zero-order valence-electron chi connectivity index (χ0n) is 15.0. The first-order valence-electron chi connectivity index (χ1n) is 8.84. The molecule has 0 bridgehead atoms. The van der Waals surface area contributed by atoms with Crippen LogP contribution in [-0.2, 0) is 11.2 Å². The maximum atomic E-state index is 12.9. The van der Waals surface area contributed by atoms with Crippen LogP contribution in [0.3, 0.4) is 0 Å². The fourth-order valence-electron chi connectivity index (χ4n) is 2.48. The normalized spacial score (nSPS) is 10.6. The zero-order valence-corrected chi connectivity index (χ0v) is 15.8. The molecule has 0 atom stereocenters. The van der Waals surface area contributed by atoms with Crippen LogP contribution < -0.4 is 10.1 Å². The van der Waals surface area contributed by atoms with Crippen LogP contribution >= 0.6 is 11.6 Å². The second-order valence-electron chi connectivity index (χ2n) is 6.03. The quantitative estimate of drug-likeness (QED) is 0.545. The van der Waals surface area contributed by atoms with Gasteiger partial charge in [-0.1, -0.05) is 22.8 Å². The summed E-state index contributed by atoms with van der Waals surface area (Å²) in [4.78, 5) is 16.1. The summed E-state index contributed by atoms with van der Waals surface area (Å²) < 4.78 is 23.6. The predicted molar refractivity (Wildman–Crippen MR) is 103 cm³/mol. The lowest BCUT2D eigenvalue weighted by Crippen LogP contribution is -2.27. The standard InChI is InChI=1S/C20H19ClFN3O3/c21-15-3-1-4-17(13-15)27-12-11-23-18(26)5-2-6-19-24-20(25-28-19)14-7-9-16(22)10-8-14/h1,3-4,7-10,13H,2,5-6,11-12H2,(H,23,26). The van der Waals surface area contributed by atoms with Crippen LogP contribution in [0, 0.1) is 5.82 Å². The van der Waals surface area contributed by atoms with Gasteiger partial charge in [-0.2, -0.15) is 4.98 Å². The number of amides is 1. The van der Waals surface area contributed by atoms with Gasteiger partial charge in [0, 0.05) is 23.4 Å². The molecule has 0 fully saturated rings. The Morgan fingerprint density at radius 3 is 2.82 bits per heavy atom. The van der Waals surface area contributed by atoms with Gasteiger partial charge in [0.1, 0.15) is 18.2 Å². The van der Waals surface area contributed by atoms with E-state index in [0.717, 1.165) is 0 Å². The number of aromatic nitrogens is 2. The molecule has 1 amide bonds. The Morgan fingerprint density at radius 2 is 2.04 bits per heavy atom. The summed E-state index contributed by atoms with van der Waals surface area (Å²) in [5.41, 5.74) is 0.675. The van der Waals surface area contributed by atoms with Crippen molar-refractivity contribution in [3.8, 4) is 17.1 Å².